The maximum absolute atomic E-state index is 12.3. The molecule has 1 aromatic heterocycles. The molecule has 0 saturated heterocycles. The molecule has 154 valence electrons. The van der Waals surface area contributed by atoms with Gasteiger partial charge in [0, 0.05) is 10.9 Å². The first-order chi connectivity index (χ1) is 13.9. The third-order valence-corrected chi connectivity index (χ3v) is 5.81. The minimum absolute atomic E-state index is 0.173. The number of carbonyl (C=O) groups is 3. The minimum Gasteiger partial charge on any atom is -0.508 e. The topological polar surface area (TPSA) is 122 Å². The summed E-state index contributed by atoms with van der Waals surface area (Å²) in [4.78, 5) is 37.7. The third kappa shape index (κ3) is 4.68. The number of aromatic hydroxyl groups is 2. The van der Waals surface area contributed by atoms with Crippen molar-refractivity contribution >= 4 is 34.2 Å². The molecule has 1 heterocycles. The van der Waals surface area contributed by atoms with Crippen LogP contribution in [0.4, 0.5) is 5.00 Å². The molecular formula is C20H21NO7S. The van der Waals surface area contributed by atoms with Gasteiger partial charge in [0.2, 0.25) is 0 Å². The van der Waals surface area contributed by atoms with E-state index in [-0.39, 0.29) is 11.3 Å². The van der Waals surface area contributed by atoms with Crippen molar-refractivity contribution in [2.45, 2.75) is 32.1 Å². The molecular weight excluding hydrogens is 398 g/mol. The Morgan fingerprint density at radius 2 is 1.86 bits per heavy atom. The Morgan fingerprint density at radius 1 is 1.10 bits per heavy atom. The predicted octanol–water partition coefficient (Wildman–Crippen LogP) is 3.01. The number of hydrogen-bond acceptors (Lipinski definition) is 8. The van der Waals surface area contributed by atoms with E-state index in [1.165, 1.54) is 30.6 Å². The first-order valence-corrected chi connectivity index (χ1v) is 9.94. The number of aryl methyl sites for hydroxylation is 1. The average Bonchev–Trinajstić information content (AvgIpc) is 2.86. The smallest absolute Gasteiger partial charge is 0.342 e. The van der Waals surface area contributed by atoms with Crippen molar-refractivity contribution in [3.8, 4) is 11.5 Å². The SMILES string of the molecule is COC(=O)c1c(NC(=O)COC(=O)c2ccc(O)cc2O)sc2c1CCCCC2. The second-order valence-corrected chi connectivity index (χ2v) is 7.69. The fourth-order valence-electron chi connectivity index (χ4n) is 3.21. The number of fused-ring (bicyclic) bond motifs is 1. The number of rotatable bonds is 5. The summed E-state index contributed by atoms with van der Waals surface area (Å²) in [6.07, 6.45) is 4.67. The van der Waals surface area contributed by atoms with Gasteiger partial charge in [-0.25, -0.2) is 9.59 Å². The number of thiophene rings is 1. The molecule has 0 unspecified atom stereocenters. The molecule has 3 rings (SSSR count). The van der Waals surface area contributed by atoms with E-state index in [0.29, 0.717) is 10.6 Å². The molecule has 29 heavy (non-hydrogen) atoms. The van der Waals surface area contributed by atoms with Crippen molar-refractivity contribution in [3.63, 3.8) is 0 Å². The van der Waals surface area contributed by atoms with E-state index in [0.717, 1.165) is 48.6 Å². The lowest BCUT2D eigenvalue weighted by atomic mass is 10.1. The Labute approximate surface area is 171 Å². The van der Waals surface area contributed by atoms with Crippen LogP contribution >= 0.6 is 11.3 Å². The molecule has 0 fully saturated rings. The molecule has 1 aliphatic rings. The number of methoxy groups -OCH3 is 1. The van der Waals surface area contributed by atoms with E-state index in [9.17, 15) is 24.6 Å². The normalized spacial score (nSPS) is 13.1. The van der Waals surface area contributed by atoms with Crippen LogP contribution in [0.15, 0.2) is 18.2 Å². The summed E-state index contributed by atoms with van der Waals surface area (Å²) >= 11 is 1.34. The Kier molecular flexibility index (Phi) is 6.38. The lowest BCUT2D eigenvalue weighted by Crippen LogP contribution is -2.21. The van der Waals surface area contributed by atoms with Gasteiger partial charge in [-0.3, -0.25) is 4.79 Å². The lowest BCUT2D eigenvalue weighted by molar-refractivity contribution is -0.119. The molecule has 1 aromatic carbocycles. The summed E-state index contributed by atoms with van der Waals surface area (Å²) in [5.74, 6) is -2.69. The third-order valence-electron chi connectivity index (χ3n) is 4.60. The highest BCUT2D eigenvalue weighted by molar-refractivity contribution is 7.17. The molecule has 0 atom stereocenters. The summed E-state index contributed by atoms with van der Waals surface area (Å²) in [5, 5.41) is 22.0. The van der Waals surface area contributed by atoms with E-state index < -0.39 is 30.2 Å². The number of phenolic OH excluding ortho intramolecular Hbond substituents is 2. The number of phenols is 2. The molecule has 0 radical (unpaired) electrons. The van der Waals surface area contributed by atoms with Gasteiger partial charge in [0.15, 0.2) is 6.61 Å². The minimum atomic E-state index is -0.909. The van der Waals surface area contributed by atoms with Crippen LogP contribution in [-0.2, 0) is 27.1 Å². The molecule has 0 saturated carbocycles. The van der Waals surface area contributed by atoms with Crippen LogP contribution in [0.25, 0.3) is 0 Å². The summed E-state index contributed by atoms with van der Waals surface area (Å²) in [6, 6.07) is 3.41. The van der Waals surface area contributed by atoms with Gasteiger partial charge in [0.25, 0.3) is 5.91 Å². The maximum atomic E-state index is 12.3. The number of hydrogen-bond donors (Lipinski definition) is 3. The summed E-state index contributed by atoms with van der Waals surface area (Å²) < 4.78 is 9.81. The van der Waals surface area contributed by atoms with E-state index in [1.807, 2.05) is 0 Å². The van der Waals surface area contributed by atoms with Gasteiger partial charge in [-0.05, 0) is 43.4 Å². The Bertz CT molecular complexity index is 951. The van der Waals surface area contributed by atoms with Crippen molar-refractivity contribution in [3.05, 3.63) is 39.8 Å². The van der Waals surface area contributed by atoms with Gasteiger partial charge < -0.3 is 25.0 Å². The van der Waals surface area contributed by atoms with Crippen molar-refractivity contribution in [2.75, 3.05) is 19.0 Å². The Balaban J connectivity index is 1.70. The number of nitrogens with one attached hydrogen (secondary N) is 1. The van der Waals surface area contributed by atoms with Crippen LogP contribution in [0, 0.1) is 0 Å². The van der Waals surface area contributed by atoms with Crippen molar-refractivity contribution < 1.29 is 34.1 Å². The fourth-order valence-corrected chi connectivity index (χ4v) is 4.51. The Morgan fingerprint density at radius 3 is 2.59 bits per heavy atom. The van der Waals surface area contributed by atoms with Crippen molar-refractivity contribution in [1.29, 1.82) is 0 Å². The number of ether oxygens (including phenoxy) is 2. The highest BCUT2D eigenvalue weighted by Gasteiger charge is 2.26. The van der Waals surface area contributed by atoms with Crippen molar-refractivity contribution in [2.24, 2.45) is 0 Å². The molecule has 2 aromatic rings. The fraction of sp³-hybridized carbons (Fsp3) is 0.350. The molecule has 9 heteroatoms. The highest BCUT2D eigenvalue weighted by atomic mass is 32.1. The lowest BCUT2D eigenvalue weighted by Gasteiger charge is -2.09. The predicted molar refractivity (Wildman–Crippen MR) is 106 cm³/mol. The quantitative estimate of drug-likeness (QED) is 0.503. The van der Waals surface area contributed by atoms with Gasteiger partial charge in [0.05, 0.1) is 12.7 Å². The van der Waals surface area contributed by atoms with Gasteiger partial charge in [-0.1, -0.05) is 6.42 Å². The first-order valence-electron chi connectivity index (χ1n) is 9.12. The van der Waals surface area contributed by atoms with E-state index >= 15 is 0 Å². The van der Waals surface area contributed by atoms with Crippen LogP contribution in [0.1, 0.15) is 50.4 Å². The second kappa shape index (κ2) is 8.95. The Hall–Kier alpha value is -3.07. The van der Waals surface area contributed by atoms with Crippen LogP contribution < -0.4 is 5.32 Å². The molecule has 3 N–H and O–H groups in total. The second-order valence-electron chi connectivity index (χ2n) is 6.59. The average molecular weight is 419 g/mol. The molecule has 1 amide bonds. The molecule has 0 aliphatic heterocycles. The summed E-state index contributed by atoms with van der Waals surface area (Å²) in [7, 11) is 1.29. The van der Waals surface area contributed by atoms with Gasteiger partial charge in [-0.15, -0.1) is 11.3 Å². The standard InChI is InChI=1S/C20H21NO7S/c1-27-20(26)17-13-5-3-2-4-6-15(13)29-18(17)21-16(24)10-28-19(25)12-8-7-11(22)9-14(12)23/h7-9,22-23H,2-6,10H2,1H3,(H,21,24). The van der Waals surface area contributed by atoms with E-state index in [1.54, 1.807) is 0 Å². The molecule has 8 nitrogen and oxygen atoms in total. The van der Waals surface area contributed by atoms with Gasteiger partial charge in [0.1, 0.15) is 22.1 Å². The summed E-state index contributed by atoms with van der Waals surface area (Å²) in [5.41, 5.74) is 1.11. The number of anilines is 1. The van der Waals surface area contributed by atoms with E-state index in [2.05, 4.69) is 5.32 Å². The molecule has 0 bridgehead atoms. The number of benzene rings is 1. The highest BCUT2D eigenvalue weighted by Crippen LogP contribution is 2.38. The van der Waals surface area contributed by atoms with Crippen molar-refractivity contribution in [1.82, 2.24) is 0 Å². The zero-order valence-corrected chi connectivity index (χ0v) is 16.6. The van der Waals surface area contributed by atoms with E-state index in [4.69, 9.17) is 9.47 Å². The van der Waals surface area contributed by atoms with Crippen LogP contribution in [0.2, 0.25) is 0 Å². The zero-order valence-electron chi connectivity index (χ0n) is 15.8. The molecule has 0 spiro atoms. The van der Waals surface area contributed by atoms with Gasteiger partial charge in [-0.2, -0.15) is 0 Å². The van der Waals surface area contributed by atoms with Crippen LogP contribution in [-0.4, -0.2) is 41.8 Å². The first kappa shape index (κ1) is 20.7. The maximum Gasteiger partial charge on any atom is 0.342 e. The molecule has 1 aliphatic carbocycles. The number of esters is 2. The number of carbonyl (C=O) groups excluding carboxylic acids is 3. The van der Waals surface area contributed by atoms with Gasteiger partial charge >= 0.3 is 11.9 Å². The van der Waals surface area contributed by atoms with Crippen LogP contribution in [0.3, 0.4) is 0 Å². The largest absolute Gasteiger partial charge is 0.508 e. The number of amides is 1. The van der Waals surface area contributed by atoms with Crippen LogP contribution in [0.5, 0.6) is 11.5 Å². The summed E-state index contributed by atoms with van der Waals surface area (Å²) in [6.45, 7) is -0.595. The zero-order chi connectivity index (χ0) is 21.0. The monoisotopic (exact) mass is 419 g/mol.